The maximum atomic E-state index is 12.4. The Morgan fingerprint density at radius 1 is 1.30 bits per heavy atom. The normalized spacial score (nSPS) is 23.4. The molecule has 1 heterocycles. The van der Waals surface area contributed by atoms with E-state index in [2.05, 4.69) is 10.3 Å². The van der Waals surface area contributed by atoms with E-state index >= 15 is 0 Å². The minimum Gasteiger partial charge on any atom is -0.391 e. The van der Waals surface area contributed by atoms with Gasteiger partial charge in [-0.15, -0.1) is 0 Å². The number of pyridine rings is 1. The van der Waals surface area contributed by atoms with Gasteiger partial charge in [-0.25, -0.2) is 0 Å². The molecule has 1 fully saturated rings. The van der Waals surface area contributed by atoms with Crippen molar-refractivity contribution in [2.75, 3.05) is 0 Å². The molecule has 1 amide bonds. The van der Waals surface area contributed by atoms with Crippen LogP contribution in [0.25, 0.3) is 0 Å². The summed E-state index contributed by atoms with van der Waals surface area (Å²) in [5.41, 5.74) is -0.984. The van der Waals surface area contributed by atoms with Crippen molar-refractivity contribution < 1.29 is 23.1 Å². The quantitative estimate of drug-likeness (QED) is 0.876. The van der Waals surface area contributed by atoms with E-state index in [1.807, 2.05) is 0 Å². The Hall–Kier alpha value is -1.63. The van der Waals surface area contributed by atoms with Crippen LogP contribution < -0.4 is 5.32 Å². The second kappa shape index (κ2) is 5.78. The highest BCUT2D eigenvalue weighted by molar-refractivity contribution is 5.92. The van der Waals surface area contributed by atoms with E-state index in [-0.39, 0.29) is 11.7 Å². The topological polar surface area (TPSA) is 62.2 Å². The Labute approximate surface area is 114 Å². The summed E-state index contributed by atoms with van der Waals surface area (Å²) in [6.07, 6.45) is -1.36. The average molecular weight is 288 g/mol. The first kappa shape index (κ1) is 14.8. The van der Waals surface area contributed by atoms with E-state index in [0.717, 1.165) is 25.0 Å². The smallest absolute Gasteiger partial charge is 0.391 e. The summed E-state index contributed by atoms with van der Waals surface area (Å²) in [6, 6.07) is 1.49. The number of hydrogen-bond donors (Lipinski definition) is 2. The van der Waals surface area contributed by atoms with Gasteiger partial charge in [0, 0.05) is 6.20 Å². The number of aromatic nitrogens is 1. The first-order valence-corrected chi connectivity index (χ1v) is 6.40. The van der Waals surface area contributed by atoms with Crippen LogP contribution in [0.5, 0.6) is 0 Å². The third kappa shape index (κ3) is 3.47. The van der Waals surface area contributed by atoms with Gasteiger partial charge in [-0.05, 0) is 25.0 Å². The molecule has 2 atom stereocenters. The van der Waals surface area contributed by atoms with Crippen molar-refractivity contribution in [3.05, 3.63) is 29.6 Å². The van der Waals surface area contributed by atoms with Gasteiger partial charge in [-0.2, -0.15) is 13.2 Å². The van der Waals surface area contributed by atoms with Gasteiger partial charge in [0.25, 0.3) is 5.91 Å². The number of carbonyl (C=O) groups excluding carboxylic acids is 1. The molecule has 1 aliphatic rings. The van der Waals surface area contributed by atoms with E-state index in [1.165, 1.54) is 0 Å². The number of nitrogens with zero attached hydrogens (tertiary/aromatic N) is 1. The molecule has 2 rings (SSSR count). The van der Waals surface area contributed by atoms with Crippen LogP contribution in [0.15, 0.2) is 18.3 Å². The predicted molar refractivity (Wildman–Crippen MR) is 65.0 cm³/mol. The number of aliphatic hydroxyl groups is 1. The highest BCUT2D eigenvalue weighted by Crippen LogP contribution is 2.28. The Morgan fingerprint density at radius 3 is 2.55 bits per heavy atom. The zero-order valence-electron chi connectivity index (χ0n) is 10.7. The van der Waals surface area contributed by atoms with Crippen molar-refractivity contribution in [3.8, 4) is 0 Å². The number of amides is 1. The van der Waals surface area contributed by atoms with E-state index in [0.29, 0.717) is 19.0 Å². The first-order valence-electron chi connectivity index (χ1n) is 6.40. The van der Waals surface area contributed by atoms with Crippen molar-refractivity contribution in [1.29, 1.82) is 0 Å². The van der Waals surface area contributed by atoms with E-state index in [4.69, 9.17) is 0 Å². The zero-order valence-corrected chi connectivity index (χ0v) is 10.7. The van der Waals surface area contributed by atoms with Gasteiger partial charge in [0.15, 0.2) is 0 Å². The molecule has 0 radical (unpaired) electrons. The van der Waals surface area contributed by atoms with Gasteiger partial charge in [0.05, 0.1) is 17.7 Å². The molecule has 110 valence electrons. The molecule has 0 aliphatic heterocycles. The van der Waals surface area contributed by atoms with Gasteiger partial charge in [0.1, 0.15) is 5.69 Å². The molecular formula is C13H15F3N2O2. The summed E-state index contributed by atoms with van der Waals surface area (Å²) in [4.78, 5) is 15.4. The lowest BCUT2D eigenvalue weighted by Crippen LogP contribution is -2.45. The fourth-order valence-corrected chi connectivity index (χ4v) is 2.22. The summed E-state index contributed by atoms with van der Waals surface area (Å²) in [5.74, 6) is -0.565. The van der Waals surface area contributed by atoms with Gasteiger partial charge in [-0.3, -0.25) is 9.78 Å². The number of aliphatic hydroxyl groups excluding tert-OH is 1. The Balaban J connectivity index is 2.02. The molecule has 0 bridgehead atoms. The molecule has 1 aromatic heterocycles. The predicted octanol–water partition coefficient (Wildman–Crippen LogP) is 2.13. The maximum absolute atomic E-state index is 12.4. The number of halogens is 3. The van der Waals surface area contributed by atoms with E-state index in [1.54, 1.807) is 0 Å². The van der Waals surface area contributed by atoms with Crippen LogP contribution in [0, 0.1) is 0 Å². The number of hydrogen-bond acceptors (Lipinski definition) is 3. The van der Waals surface area contributed by atoms with Crippen LogP contribution >= 0.6 is 0 Å². The second-order valence-corrected chi connectivity index (χ2v) is 4.86. The molecule has 7 heteroatoms. The van der Waals surface area contributed by atoms with Gasteiger partial charge in [0.2, 0.25) is 0 Å². The second-order valence-electron chi connectivity index (χ2n) is 4.86. The number of carbonyl (C=O) groups is 1. The summed E-state index contributed by atoms with van der Waals surface area (Å²) in [7, 11) is 0. The molecule has 2 N–H and O–H groups in total. The largest absolute Gasteiger partial charge is 0.417 e. The third-order valence-corrected chi connectivity index (χ3v) is 3.37. The van der Waals surface area contributed by atoms with E-state index < -0.39 is 23.8 Å². The molecule has 4 nitrogen and oxygen atoms in total. The average Bonchev–Trinajstić information content (AvgIpc) is 2.40. The lowest BCUT2D eigenvalue weighted by molar-refractivity contribution is -0.137. The zero-order chi connectivity index (χ0) is 14.8. The molecule has 1 aliphatic carbocycles. The molecule has 0 saturated heterocycles. The lowest BCUT2D eigenvalue weighted by atomic mass is 9.92. The molecule has 1 aromatic rings. The molecule has 2 unspecified atom stereocenters. The van der Waals surface area contributed by atoms with Crippen molar-refractivity contribution in [3.63, 3.8) is 0 Å². The van der Waals surface area contributed by atoms with E-state index in [9.17, 15) is 23.1 Å². The van der Waals surface area contributed by atoms with Crippen LogP contribution in [-0.4, -0.2) is 28.1 Å². The fraction of sp³-hybridized carbons (Fsp3) is 0.538. The lowest BCUT2D eigenvalue weighted by Gasteiger charge is -2.28. The summed E-state index contributed by atoms with van der Waals surface area (Å²) < 4.78 is 37.1. The van der Waals surface area contributed by atoms with Crippen LogP contribution in [-0.2, 0) is 6.18 Å². The molecule has 0 aromatic carbocycles. The van der Waals surface area contributed by atoms with Crippen LogP contribution in [0.4, 0.5) is 13.2 Å². The van der Waals surface area contributed by atoms with Crippen molar-refractivity contribution in [1.82, 2.24) is 10.3 Å². The fourth-order valence-electron chi connectivity index (χ4n) is 2.22. The van der Waals surface area contributed by atoms with Crippen molar-refractivity contribution >= 4 is 5.91 Å². The molecule has 20 heavy (non-hydrogen) atoms. The Morgan fingerprint density at radius 2 is 2.00 bits per heavy atom. The van der Waals surface area contributed by atoms with Crippen LogP contribution in [0.3, 0.4) is 0 Å². The third-order valence-electron chi connectivity index (χ3n) is 3.37. The molecule has 1 saturated carbocycles. The van der Waals surface area contributed by atoms with Gasteiger partial charge in [-0.1, -0.05) is 12.8 Å². The number of nitrogens with one attached hydrogen (secondary N) is 1. The van der Waals surface area contributed by atoms with Gasteiger partial charge < -0.3 is 10.4 Å². The maximum Gasteiger partial charge on any atom is 0.417 e. The van der Waals surface area contributed by atoms with Gasteiger partial charge >= 0.3 is 6.18 Å². The van der Waals surface area contributed by atoms with Crippen molar-refractivity contribution in [2.45, 2.75) is 44.0 Å². The SMILES string of the molecule is O=C(NC1CCCCC1O)c1ccc(C(F)(F)F)cn1. The van der Waals surface area contributed by atoms with Crippen LogP contribution in [0.2, 0.25) is 0 Å². The summed E-state index contributed by atoms with van der Waals surface area (Å²) >= 11 is 0. The highest BCUT2D eigenvalue weighted by atomic mass is 19.4. The standard InChI is InChI=1S/C13H15F3N2O2/c14-13(15,16)8-5-6-10(17-7-8)12(20)18-9-3-1-2-4-11(9)19/h5-7,9,11,19H,1-4H2,(H,18,20). The minimum absolute atomic E-state index is 0.0872. The van der Waals surface area contributed by atoms with Crippen molar-refractivity contribution in [2.24, 2.45) is 0 Å². The molecule has 0 spiro atoms. The minimum atomic E-state index is -4.47. The highest BCUT2D eigenvalue weighted by Gasteiger charge is 2.31. The van der Waals surface area contributed by atoms with Crippen LogP contribution in [0.1, 0.15) is 41.7 Å². The summed E-state index contributed by atoms with van der Waals surface area (Å²) in [6.45, 7) is 0. The monoisotopic (exact) mass is 288 g/mol. The molecular weight excluding hydrogens is 273 g/mol. The Kier molecular flexibility index (Phi) is 4.27. The first-order chi connectivity index (χ1) is 9.38. The number of alkyl halides is 3. The number of rotatable bonds is 2. The Bertz CT molecular complexity index is 473. The summed E-state index contributed by atoms with van der Waals surface area (Å²) in [5, 5.41) is 12.3.